The average molecular weight is 318 g/mol. The second-order valence-electron chi connectivity index (χ2n) is 4.91. The van der Waals surface area contributed by atoms with E-state index in [2.05, 4.69) is 0 Å². The smallest absolute Gasteiger partial charge is 0.410 e. The summed E-state index contributed by atoms with van der Waals surface area (Å²) < 4.78 is 13.1. The summed E-state index contributed by atoms with van der Waals surface area (Å²) in [6.07, 6.45) is -2.73. The maximum absolute atomic E-state index is 13.1. The van der Waals surface area contributed by atoms with Gasteiger partial charge < -0.3 is 15.3 Å². The Morgan fingerprint density at radius 1 is 1.38 bits per heavy atom. The number of amides is 1. The summed E-state index contributed by atoms with van der Waals surface area (Å²) in [4.78, 5) is 22.7. The first-order chi connectivity index (χ1) is 9.81. The monoisotopic (exact) mass is 317 g/mol. The van der Waals surface area contributed by atoms with Gasteiger partial charge in [0, 0.05) is 5.92 Å². The molecule has 3 atom stereocenters. The Bertz CT molecular complexity index is 582. The Hall–Kier alpha value is -1.86. The van der Waals surface area contributed by atoms with Crippen molar-refractivity contribution in [3.8, 4) is 0 Å². The molecule has 8 heteroatoms. The van der Waals surface area contributed by atoms with E-state index in [9.17, 15) is 19.1 Å². The molecule has 1 amide bonds. The van der Waals surface area contributed by atoms with Crippen LogP contribution in [0.5, 0.6) is 0 Å². The van der Waals surface area contributed by atoms with E-state index >= 15 is 0 Å². The first-order valence-electron chi connectivity index (χ1n) is 6.17. The number of nitrogens with zero attached hydrogens (tertiary/aromatic N) is 1. The van der Waals surface area contributed by atoms with Gasteiger partial charge in [-0.3, -0.25) is 4.90 Å². The second-order valence-corrected chi connectivity index (χ2v) is 5.31. The largest absolute Gasteiger partial charge is 0.480 e. The molecule has 114 valence electrons. The molecule has 0 saturated carbocycles. The topological polar surface area (TPSA) is 98.1 Å². The van der Waals surface area contributed by atoms with Crippen LogP contribution in [0.1, 0.15) is 12.0 Å². The van der Waals surface area contributed by atoms with Crippen molar-refractivity contribution in [2.45, 2.75) is 25.1 Å². The number of benzene rings is 1. The molecule has 1 aliphatic rings. The average Bonchev–Trinajstić information content (AvgIpc) is 2.72. The summed E-state index contributed by atoms with van der Waals surface area (Å²) in [5.41, 5.74) is 0.599. The zero-order valence-electron chi connectivity index (χ0n) is 10.7. The van der Waals surface area contributed by atoms with Crippen LogP contribution in [0.4, 0.5) is 9.18 Å². The van der Waals surface area contributed by atoms with E-state index in [0.717, 1.165) is 0 Å². The molecule has 0 bridgehead atoms. The van der Waals surface area contributed by atoms with Gasteiger partial charge in [0.05, 0.1) is 5.02 Å². The highest BCUT2D eigenvalue weighted by molar-refractivity contribution is 6.30. The Morgan fingerprint density at radius 3 is 2.52 bits per heavy atom. The highest BCUT2D eigenvalue weighted by atomic mass is 35.5. The quantitative estimate of drug-likeness (QED) is 0.789. The van der Waals surface area contributed by atoms with Crippen molar-refractivity contribution < 1.29 is 29.3 Å². The third-order valence-electron chi connectivity index (χ3n) is 3.56. The number of hydrogen-bond donors (Lipinski definition) is 3. The predicted molar refractivity (Wildman–Crippen MR) is 70.5 cm³/mol. The van der Waals surface area contributed by atoms with E-state index in [4.69, 9.17) is 21.8 Å². The minimum atomic E-state index is -1.49. The Morgan fingerprint density at radius 2 is 2.05 bits per heavy atom. The fourth-order valence-corrected chi connectivity index (χ4v) is 2.76. The van der Waals surface area contributed by atoms with Crippen LogP contribution in [0, 0.1) is 11.7 Å². The fraction of sp³-hybridized carbons (Fsp3) is 0.385. The van der Waals surface area contributed by atoms with Crippen molar-refractivity contribution in [1.29, 1.82) is 0 Å². The minimum Gasteiger partial charge on any atom is -0.480 e. The molecule has 2 rings (SSSR count). The van der Waals surface area contributed by atoms with Crippen LogP contribution >= 0.6 is 11.6 Å². The molecule has 1 aliphatic heterocycles. The van der Waals surface area contributed by atoms with Crippen molar-refractivity contribution in [3.63, 3.8) is 0 Å². The Labute approximate surface area is 124 Å². The second kappa shape index (κ2) is 5.87. The molecule has 1 fully saturated rings. The van der Waals surface area contributed by atoms with E-state index in [1.165, 1.54) is 18.2 Å². The highest BCUT2D eigenvalue weighted by Gasteiger charge is 2.46. The zero-order valence-corrected chi connectivity index (χ0v) is 11.5. The third kappa shape index (κ3) is 3.08. The van der Waals surface area contributed by atoms with Gasteiger partial charge in [0.15, 0.2) is 0 Å². The van der Waals surface area contributed by atoms with Crippen molar-refractivity contribution in [3.05, 3.63) is 34.6 Å². The number of hydrogen-bond acceptors (Lipinski definition) is 3. The molecule has 6 nitrogen and oxygen atoms in total. The van der Waals surface area contributed by atoms with Crippen LogP contribution in [0.2, 0.25) is 5.02 Å². The van der Waals surface area contributed by atoms with E-state index in [1.54, 1.807) is 0 Å². The van der Waals surface area contributed by atoms with Gasteiger partial charge >= 0.3 is 12.1 Å². The fourth-order valence-electron chi connectivity index (χ4n) is 2.56. The maximum Gasteiger partial charge on any atom is 0.410 e. The van der Waals surface area contributed by atoms with Gasteiger partial charge in [-0.2, -0.15) is 0 Å². The van der Waals surface area contributed by atoms with Crippen molar-refractivity contribution >= 4 is 23.7 Å². The Kier molecular flexibility index (Phi) is 4.34. The summed E-state index contributed by atoms with van der Waals surface area (Å²) in [5.74, 6) is -2.48. The number of halogens is 2. The normalized spacial score (nSPS) is 25.1. The van der Waals surface area contributed by atoms with E-state index < -0.39 is 36.1 Å². The lowest BCUT2D eigenvalue weighted by Gasteiger charge is -2.22. The van der Waals surface area contributed by atoms with Gasteiger partial charge in [-0.1, -0.05) is 17.7 Å². The molecule has 21 heavy (non-hydrogen) atoms. The minimum absolute atomic E-state index is 0.0161. The van der Waals surface area contributed by atoms with Crippen molar-refractivity contribution in [1.82, 2.24) is 4.90 Å². The SMILES string of the molecule is O=C(O)[C@H]1C[C@H](Cc2ccc(F)c(Cl)c2)C(O)N1C(=O)O. The molecule has 1 heterocycles. The first-order valence-corrected chi connectivity index (χ1v) is 6.55. The molecular formula is C13H13ClFNO5. The number of likely N-dealkylation sites (tertiary alicyclic amines) is 1. The lowest BCUT2D eigenvalue weighted by atomic mass is 9.95. The van der Waals surface area contributed by atoms with Crippen LogP contribution in [0.15, 0.2) is 18.2 Å². The van der Waals surface area contributed by atoms with Crippen LogP contribution in [-0.2, 0) is 11.2 Å². The summed E-state index contributed by atoms with van der Waals surface area (Å²) in [6, 6.07) is 2.72. The molecule has 1 aromatic carbocycles. The van der Waals surface area contributed by atoms with Gasteiger partial charge in [0.25, 0.3) is 0 Å². The number of carboxylic acids is 1. The summed E-state index contributed by atoms with van der Waals surface area (Å²) in [5, 5.41) is 27.9. The summed E-state index contributed by atoms with van der Waals surface area (Å²) in [7, 11) is 0. The van der Waals surface area contributed by atoms with Crippen molar-refractivity contribution in [2.75, 3.05) is 0 Å². The molecule has 3 N–H and O–H groups in total. The molecule has 0 aromatic heterocycles. The zero-order chi connectivity index (χ0) is 15.7. The van der Waals surface area contributed by atoms with Gasteiger partial charge in [0.2, 0.25) is 0 Å². The van der Waals surface area contributed by atoms with E-state index in [0.29, 0.717) is 10.5 Å². The molecule has 0 aliphatic carbocycles. The number of aliphatic hydroxyl groups is 1. The van der Waals surface area contributed by atoms with Gasteiger partial charge in [-0.05, 0) is 30.5 Å². The highest BCUT2D eigenvalue weighted by Crippen LogP contribution is 2.32. The molecule has 1 unspecified atom stereocenters. The number of rotatable bonds is 3. The third-order valence-corrected chi connectivity index (χ3v) is 3.85. The predicted octanol–water partition coefficient (Wildman–Crippen LogP) is 1.79. The van der Waals surface area contributed by atoms with Gasteiger partial charge in [-0.25, -0.2) is 14.0 Å². The van der Waals surface area contributed by atoms with Gasteiger partial charge in [-0.15, -0.1) is 0 Å². The van der Waals surface area contributed by atoms with Crippen LogP contribution in [0.25, 0.3) is 0 Å². The number of aliphatic carboxylic acids is 1. The maximum atomic E-state index is 13.1. The lowest BCUT2D eigenvalue weighted by Crippen LogP contribution is -2.44. The molecule has 1 saturated heterocycles. The number of carbonyl (C=O) groups is 2. The first kappa shape index (κ1) is 15.5. The van der Waals surface area contributed by atoms with Crippen molar-refractivity contribution in [2.24, 2.45) is 5.92 Å². The number of carboxylic acid groups (broad SMARTS) is 2. The van der Waals surface area contributed by atoms with Crippen LogP contribution in [-0.4, -0.2) is 44.6 Å². The van der Waals surface area contributed by atoms with Gasteiger partial charge in [0.1, 0.15) is 18.1 Å². The van der Waals surface area contributed by atoms with Crippen LogP contribution < -0.4 is 0 Å². The van der Waals surface area contributed by atoms with E-state index in [-0.39, 0.29) is 17.9 Å². The van der Waals surface area contributed by atoms with E-state index in [1.807, 2.05) is 0 Å². The standard InChI is InChI=1S/C13H13ClFNO5/c14-8-4-6(1-2-9(8)15)3-7-5-10(12(18)19)16(11(7)17)13(20)21/h1-2,4,7,10-11,17H,3,5H2,(H,18,19)(H,20,21)/t7-,10+,11?/m0/s1. The lowest BCUT2D eigenvalue weighted by molar-refractivity contribution is -0.143. The number of aliphatic hydroxyl groups excluding tert-OH is 1. The molecule has 1 aromatic rings. The summed E-state index contributed by atoms with van der Waals surface area (Å²) >= 11 is 5.66. The molecule has 0 spiro atoms. The Balaban J connectivity index is 2.19. The molecular weight excluding hydrogens is 305 g/mol. The van der Waals surface area contributed by atoms with Crippen LogP contribution in [0.3, 0.4) is 0 Å². The summed E-state index contributed by atoms with van der Waals surface area (Å²) in [6.45, 7) is 0. The molecule has 0 radical (unpaired) electrons.